The summed E-state index contributed by atoms with van der Waals surface area (Å²) in [5.74, 6) is 1.42. The molecule has 0 N–H and O–H groups in total. The molecule has 0 bridgehead atoms. The summed E-state index contributed by atoms with van der Waals surface area (Å²) in [5, 5.41) is 0. The number of hydrogen-bond donors (Lipinski definition) is 0. The van der Waals surface area contributed by atoms with E-state index >= 15 is 0 Å². The number of nitrogens with zero attached hydrogens (tertiary/aromatic N) is 1. The Labute approximate surface area is 108 Å². The molecule has 1 spiro atoms. The SMILES string of the molecule is CC(C)(C)OC(=O)N1CCC2(CC(CCl)C2)C1. The van der Waals surface area contributed by atoms with Gasteiger partial charge in [0.25, 0.3) is 0 Å². The molecule has 0 aromatic rings. The molecular formula is C13H22ClNO2. The van der Waals surface area contributed by atoms with Crippen LogP contribution in [-0.4, -0.2) is 35.6 Å². The van der Waals surface area contributed by atoms with E-state index in [-0.39, 0.29) is 6.09 Å². The minimum Gasteiger partial charge on any atom is -0.444 e. The Kier molecular flexibility index (Phi) is 3.32. The van der Waals surface area contributed by atoms with Gasteiger partial charge in [0.2, 0.25) is 0 Å². The van der Waals surface area contributed by atoms with Crippen molar-refractivity contribution in [1.29, 1.82) is 0 Å². The third-order valence-electron chi connectivity index (χ3n) is 3.75. The number of carbonyl (C=O) groups excluding carboxylic acids is 1. The van der Waals surface area contributed by atoms with Crippen LogP contribution in [0, 0.1) is 11.3 Å². The van der Waals surface area contributed by atoms with Crippen LogP contribution >= 0.6 is 11.6 Å². The Balaban J connectivity index is 1.84. The predicted octanol–water partition coefficient (Wildman–Crippen LogP) is 3.26. The first kappa shape index (κ1) is 13.0. The molecule has 17 heavy (non-hydrogen) atoms. The molecule has 1 aliphatic carbocycles. The third-order valence-corrected chi connectivity index (χ3v) is 4.19. The lowest BCUT2D eigenvalue weighted by atomic mass is 9.62. The van der Waals surface area contributed by atoms with Crippen molar-refractivity contribution < 1.29 is 9.53 Å². The molecule has 1 saturated heterocycles. The first-order valence-corrected chi connectivity index (χ1v) is 6.91. The standard InChI is InChI=1S/C13H22ClNO2/c1-12(2,3)17-11(16)15-5-4-13(9-15)6-10(7-13)8-14/h10H,4-9H2,1-3H3. The van der Waals surface area contributed by atoms with E-state index in [1.54, 1.807) is 0 Å². The summed E-state index contributed by atoms with van der Waals surface area (Å²) in [6.07, 6.45) is 3.30. The number of halogens is 1. The zero-order chi connectivity index (χ0) is 12.7. The van der Waals surface area contributed by atoms with E-state index in [4.69, 9.17) is 16.3 Å². The van der Waals surface area contributed by atoms with Gasteiger partial charge in [-0.15, -0.1) is 11.6 Å². The Morgan fingerprint density at radius 3 is 2.65 bits per heavy atom. The Morgan fingerprint density at radius 2 is 2.12 bits per heavy atom. The first-order chi connectivity index (χ1) is 7.84. The highest BCUT2D eigenvalue weighted by molar-refractivity contribution is 6.18. The second kappa shape index (κ2) is 4.34. The van der Waals surface area contributed by atoms with Crippen molar-refractivity contribution in [2.45, 2.75) is 45.6 Å². The van der Waals surface area contributed by atoms with Crippen LogP contribution in [0.15, 0.2) is 0 Å². The molecule has 0 atom stereocenters. The molecule has 2 rings (SSSR count). The van der Waals surface area contributed by atoms with Gasteiger partial charge in [-0.25, -0.2) is 4.79 Å². The highest BCUT2D eigenvalue weighted by atomic mass is 35.5. The van der Waals surface area contributed by atoms with Gasteiger partial charge in [-0.05, 0) is 51.4 Å². The Bertz CT molecular complexity index is 305. The van der Waals surface area contributed by atoms with Gasteiger partial charge < -0.3 is 9.64 Å². The van der Waals surface area contributed by atoms with Crippen molar-refractivity contribution in [3.8, 4) is 0 Å². The zero-order valence-electron chi connectivity index (χ0n) is 11.0. The molecule has 0 aromatic heterocycles. The number of likely N-dealkylation sites (tertiary alicyclic amines) is 1. The average Bonchev–Trinajstić information content (AvgIpc) is 2.56. The maximum atomic E-state index is 11.9. The summed E-state index contributed by atoms with van der Waals surface area (Å²) < 4.78 is 5.40. The highest BCUT2D eigenvalue weighted by Crippen LogP contribution is 2.52. The van der Waals surface area contributed by atoms with Crippen LogP contribution in [0.2, 0.25) is 0 Å². The van der Waals surface area contributed by atoms with Gasteiger partial charge in [0.1, 0.15) is 5.60 Å². The van der Waals surface area contributed by atoms with Crippen LogP contribution in [0.5, 0.6) is 0 Å². The summed E-state index contributed by atoms with van der Waals surface area (Å²) in [5.41, 5.74) is -0.0401. The maximum Gasteiger partial charge on any atom is 0.410 e. The molecule has 1 aliphatic heterocycles. The molecule has 3 nitrogen and oxygen atoms in total. The molecule has 2 aliphatic rings. The Morgan fingerprint density at radius 1 is 1.47 bits per heavy atom. The number of rotatable bonds is 1. The molecule has 98 valence electrons. The van der Waals surface area contributed by atoms with Gasteiger partial charge >= 0.3 is 6.09 Å². The minimum absolute atomic E-state index is 0.163. The van der Waals surface area contributed by atoms with E-state index in [0.29, 0.717) is 11.3 Å². The van der Waals surface area contributed by atoms with Crippen LogP contribution in [0.25, 0.3) is 0 Å². The van der Waals surface area contributed by atoms with Crippen LogP contribution in [0.3, 0.4) is 0 Å². The summed E-state index contributed by atoms with van der Waals surface area (Å²) in [6.45, 7) is 7.41. The molecule has 4 heteroatoms. The number of ether oxygens (including phenoxy) is 1. The van der Waals surface area contributed by atoms with Crippen LogP contribution in [0.1, 0.15) is 40.0 Å². The fourth-order valence-electron chi connectivity index (χ4n) is 3.02. The van der Waals surface area contributed by atoms with Gasteiger partial charge in [-0.2, -0.15) is 0 Å². The van der Waals surface area contributed by atoms with E-state index < -0.39 is 5.60 Å². The fourth-order valence-corrected chi connectivity index (χ4v) is 3.24. The lowest BCUT2D eigenvalue weighted by Crippen LogP contribution is -2.42. The lowest BCUT2D eigenvalue weighted by molar-refractivity contribution is 0.0202. The van der Waals surface area contributed by atoms with E-state index in [2.05, 4.69) is 0 Å². The molecule has 0 aromatic carbocycles. The van der Waals surface area contributed by atoms with Crippen molar-refractivity contribution in [1.82, 2.24) is 4.90 Å². The quantitative estimate of drug-likeness (QED) is 0.677. The van der Waals surface area contributed by atoms with Crippen molar-refractivity contribution in [2.24, 2.45) is 11.3 Å². The second-order valence-corrected chi connectivity index (χ2v) is 6.89. The van der Waals surface area contributed by atoms with E-state index in [1.807, 2.05) is 25.7 Å². The average molecular weight is 260 g/mol. The molecule has 2 fully saturated rings. The predicted molar refractivity (Wildman–Crippen MR) is 68.3 cm³/mol. The van der Waals surface area contributed by atoms with Crippen molar-refractivity contribution >= 4 is 17.7 Å². The summed E-state index contributed by atoms with van der Waals surface area (Å²) in [6, 6.07) is 0. The molecule has 0 unspecified atom stereocenters. The largest absolute Gasteiger partial charge is 0.444 e. The van der Waals surface area contributed by atoms with Crippen molar-refractivity contribution in [2.75, 3.05) is 19.0 Å². The van der Waals surface area contributed by atoms with Gasteiger partial charge in [-0.1, -0.05) is 0 Å². The van der Waals surface area contributed by atoms with Crippen molar-refractivity contribution in [3.63, 3.8) is 0 Å². The smallest absolute Gasteiger partial charge is 0.410 e. The minimum atomic E-state index is -0.398. The second-order valence-electron chi connectivity index (χ2n) is 6.58. The fraction of sp³-hybridized carbons (Fsp3) is 0.923. The molecule has 1 saturated carbocycles. The molecule has 1 amide bonds. The Hall–Kier alpha value is -0.440. The summed E-state index contributed by atoms with van der Waals surface area (Å²) in [7, 11) is 0. The highest BCUT2D eigenvalue weighted by Gasteiger charge is 2.49. The summed E-state index contributed by atoms with van der Waals surface area (Å²) in [4.78, 5) is 13.8. The monoisotopic (exact) mass is 259 g/mol. The zero-order valence-corrected chi connectivity index (χ0v) is 11.7. The molecular weight excluding hydrogens is 238 g/mol. The number of carbonyl (C=O) groups is 1. The van der Waals surface area contributed by atoms with Crippen molar-refractivity contribution in [3.05, 3.63) is 0 Å². The lowest BCUT2D eigenvalue weighted by Gasteiger charge is -2.44. The van der Waals surface area contributed by atoms with E-state index in [9.17, 15) is 4.79 Å². The molecule has 0 radical (unpaired) electrons. The molecule has 1 heterocycles. The van der Waals surface area contributed by atoms with E-state index in [1.165, 1.54) is 12.8 Å². The number of alkyl halides is 1. The van der Waals surface area contributed by atoms with Crippen LogP contribution in [-0.2, 0) is 4.74 Å². The van der Waals surface area contributed by atoms with Crippen LogP contribution in [0.4, 0.5) is 4.79 Å². The van der Waals surface area contributed by atoms with E-state index in [0.717, 1.165) is 25.4 Å². The van der Waals surface area contributed by atoms with Gasteiger partial charge in [0, 0.05) is 19.0 Å². The maximum absolute atomic E-state index is 11.9. The third kappa shape index (κ3) is 2.87. The first-order valence-electron chi connectivity index (χ1n) is 6.37. The number of amides is 1. The van der Waals surface area contributed by atoms with Gasteiger partial charge in [0.15, 0.2) is 0 Å². The van der Waals surface area contributed by atoms with Crippen LogP contribution < -0.4 is 0 Å². The van der Waals surface area contributed by atoms with Gasteiger partial charge in [-0.3, -0.25) is 0 Å². The number of hydrogen-bond acceptors (Lipinski definition) is 2. The normalized spacial score (nSPS) is 32.7. The summed E-state index contributed by atoms with van der Waals surface area (Å²) >= 11 is 5.85. The van der Waals surface area contributed by atoms with Gasteiger partial charge in [0.05, 0.1) is 0 Å². The topological polar surface area (TPSA) is 29.5 Å².